The molecule has 72 valence electrons. The molecule has 1 N–H and O–H groups in total. The van der Waals surface area contributed by atoms with Crippen molar-refractivity contribution in [1.29, 1.82) is 0 Å². The van der Waals surface area contributed by atoms with Crippen molar-refractivity contribution in [3.63, 3.8) is 0 Å². The summed E-state index contributed by atoms with van der Waals surface area (Å²) >= 11 is 0. The third-order valence-corrected chi connectivity index (χ3v) is 1.97. The fraction of sp³-hybridized carbons (Fsp3) is 0.500. The zero-order valence-corrected chi connectivity index (χ0v) is 8.03. The van der Waals surface area contributed by atoms with Gasteiger partial charge in [-0.15, -0.1) is 0 Å². The number of nitrogens with zero attached hydrogens (tertiary/aromatic N) is 1. The van der Waals surface area contributed by atoms with Crippen LogP contribution in [0, 0.1) is 0 Å². The Morgan fingerprint density at radius 2 is 2.38 bits per heavy atom. The molecule has 13 heavy (non-hydrogen) atoms. The van der Waals surface area contributed by atoms with E-state index in [1.54, 1.807) is 13.3 Å². The Hall–Kier alpha value is -1.09. The van der Waals surface area contributed by atoms with E-state index in [9.17, 15) is 5.11 Å². The highest BCUT2D eigenvalue weighted by molar-refractivity contribution is 5.25. The normalized spacial score (nSPS) is 12.5. The number of aliphatic hydroxyl groups is 1. The molecule has 1 heterocycles. The van der Waals surface area contributed by atoms with Crippen molar-refractivity contribution in [2.24, 2.45) is 0 Å². The minimum atomic E-state index is -0.307. The molecule has 0 aromatic carbocycles. The van der Waals surface area contributed by atoms with Crippen LogP contribution < -0.4 is 4.74 Å². The Balaban J connectivity index is 2.74. The fourth-order valence-electron chi connectivity index (χ4n) is 1.16. The van der Waals surface area contributed by atoms with Gasteiger partial charge in [-0.25, -0.2) is 4.98 Å². The summed E-state index contributed by atoms with van der Waals surface area (Å²) in [5.74, 6) is 0.606. The van der Waals surface area contributed by atoms with E-state index in [2.05, 4.69) is 4.98 Å². The van der Waals surface area contributed by atoms with Crippen LogP contribution in [0.15, 0.2) is 18.3 Å². The quantitative estimate of drug-likeness (QED) is 0.763. The van der Waals surface area contributed by atoms with Crippen LogP contribution in [0.3, 0.4) is 0 Å². The SMILES string of the molecule is CCC(O)Cc1cccnc1OC. The van der Waals surface area contributed by atoms with Crippen molar-refractivity contribution in [2.45, 2.75) is 25.9 Å². The molecule has 0 saturated heterocycles. The van der Waals surface area contributed by atoms with Crippen LogP contribution in [0.5, 0.6) is 5.88 Å². The minimum Gasteiger partial charge on any atom is -0.481 e. The molecular weight excluding hydrogens is 166 g/mol. The van der Waals surface area contributed by atoms with Crippen molar-refractivity contribution in [2.75, 3.05) is 7.11 Å². The summed E-state index contributed by atoms with van der Waals surface area (Å²) in [6, 6.07) is 3.77. The lowest BCUT2D eigenvalue weighted by molar-refractivity contribution is 0.169. The molecular formula is C10H15NO2. The first-order valence-corrected chi connectivity index (χ1v) is 4.43. The second-order valence-electron chi connectivity index (χ2n) is 2.94. The Kier molecular flexibility index (Phi) is 3.71. The molecule has 3 nitrogen and oxygen atoms in total. The van der Waals surface area contributed by atoms with Crippen LogP contribution in [0.2, 0.25) is 0 Å². The second kappa shape index (κ2) is 4.82. The highest BCUT2D eigenvalue weighted by atomic mass is 16.5. The van der Waals surface area contributed by atoms with Gasteiger partial charge in [-0.3, -0.25) is 0 Å². The average molecular weight is 181 g/mol. The molecule has 0 aliphatic carbocycles. The monoisotopic (exact) mass is 181 g/mol. The maximum Gasteiger partial charge on any atom is 0.216 e. The van der Waals surface area contributed by atoms with Gasteiger partial charge in [0.2, 0.25) is 5.88 Å². The van der Waals surface area contributed by atoms with E-state index in [0.29, 0.717) is 12.3 Å². The zero-order valence-electron chi connectivity index (χ0n) is 8.03. The van der Waals surface area contributed by atoms with Crippen molar-refractivity contribution >= 4 is 0 Å². The third kappa shape index (κ3) is 2.70. The first-order chi connectivity index (χ1) is 6.27. The number of hydrogen-bond acceptors (Lipinski definition) is 3. The van der Waals surface area contributed by atoms with E-state index >= 15 is 0 Å². The van der Waals surface area contributed by atoms with Crippen LogP contribution >= 0.6 is 0 Å². The lowest BCUT2D eigenvalue weighted by Crippen LogP contribution is -2.09. The first-order valence-electron chi connectivity index (χ1n) is 4.43. The van der Waals surface area contributed by atoms with Crippen LogP contribution in [-0.4, -0.2) is 23.3 Å². The number of pyridine rings is 1. The average Bonchev–Trinajstić information content (AvgIpc) is 2.18. The Bertz CT molecular complexity index is 263. The molecule has 1 aromatic rings. The zero-order chi connectivity index (χ0) is 9.68. The predicted octanol–water partition coefficient (Wildman–Crippen LogP) is 1.40. The molecule has 1 aromatic heterocycles. The topological polar surface area (TPSA) is 42.4 Å². The van der Waals surface area contributed by atoms with Gasteiger partial charge in [0.05, 0.1) is 13.2 Å². The number of aliphatic hydroxyl groups excluding tert-OH is 1. The molecule has 0 aliphatic heterocycles. The molecule has 0 bridgehead atoms. The van der Waals surface area contributed by atoms with Crippen LogP contribution in [0.1, 0.15) is 18.9 Å². The molecule has 0 amide bonds. The van der Waals surface area contributed by atoms with E-state index in [4.69, 9.17) is 4.74 Å². The molecule has 0 spiro atoms. The van der Waals surface area contributed by atoms with E-state index in [1.165, 1.54) is 0 Å². The highest BCUT2D eigenvalue weighted by Gasteiger charge is 2.07. The molecule has 1 atom stereocenters. The summed E-state index contributed by atoms with van der Waals surface area (Å²) in [5, 5.41) is 9.45. The Labute approximate surface area is 78.4 Å². The van der Waals surface area contributed by atoms with Crippen LogP contribution in [-0.2, 0) is 6.42 Å². The Morgan fingerprint density at radius 3 is 3.00 bits per heavy atom. The summed E-state index contributed by atoms with van der Waals surface area (Å²) in [5.41, 5.74) is 0.958. The number of methoxy groups -OCH3 is 1. The smallest absolute Gasteiger partial charge is 0.216 e. The number of rotatable bonds is 4. The molecule has 3 heteroatoms. The molecule has 1 rings (SSSR count). The van der Waals surface area contributed by atoms with Gasteiger partial charge in [-0.2, -0.15) is 0 Å². The summed E-state index contributed by atoms with van der Waals surface area (Å²) in [7, 11) is 1.59. The van der Waals surface area contributed by atoms with Gasteiger partial charge in [-0.1, -0.05) is 13.0 Å². The summed E-state index contributed by atoms with van der Waals surface area (Å²) in [6.07, 6.45) is 2.73. The maximum atomic E-state index is 9.45. The summed E-state index contributed by atoms with van der Waals surface area (Å²) in [4.78, 5) is 4.05. The standard InChI is InChI=1S/C10H15NO2/c1-3-9(12)7-8-5-4-6-11-10(8)13-2/h4-6,9,12H,3,7H2,1-2H3. The van der Waals surface area contributed by atoms with Crippen molar-refractivity contribution in [3.05, 3.63) is 23.9 Å². The molecule has 0 saturated carbocycles. The molecule has 0 aliphatic rings. The minimum absolute atomic E-state index is 0.307. The first kappa shape index (κ1) is 9.99. The van der Waals surface area contributed by atoms with Gasteiger partial charge in [0.15, 0.2) is 0 Å². The van der Waals surface area contributed by atoms with Gasteiger partial charge >= 0.3 is 0 Å². The second-order valence-corrected chi connectivity index (χ2v) is 2.94. The van der Waals surface area contributed by atoms with E-state index in [1.807, 2.05) is 19.1 Å². The van der Waals surface area contributed by atoms with Crippen LogP contribution in [0.25, 0.3) is 0 Å². The fourth-order valence-corrected chi connectivity index (χ4v) is 1.16. The lowest BCUT2D eigenvalue weighted by Gasteiger charge is -2.09. The maximum absolute atomic E-state index is 9.45. The third-order valence-electron chi connectivity index (χ3n) is 1.97. The Morgan fingerprint density at radius 1 is 1.62 bits per heavy atom. The van der Waals surface area contributed by atoms with Crippen LogP contribution in [0.4, 0.5) is 0 Å². The summed E-state index contributed by atoms with van der Waals surface area (Å²) in [6.45, 7) is 1.95. The molecule has 0 fully saturated rings. The van der Waals surface area contributed by atoms with Gasteiger partial charge in [0.1, 0.15) is 0 Å². The van der Waals surface area contributed by atoms with Crippen molar-refractivity contribution < 1.29 is 9.84 Å². The summed E-state index contributed by atoms with van der Waals surface area (Å²) < 4.78 is 5.07. The van der Waals surface area contributed by atoms with E-state index in [-0.39, 0.29) is 6.10 Å². The predicted molar refractivity (Wildman–Crippen MR) is 50.8 cm³/mol. The van der Waals surface area contributed by atoms with Gasteiger partial charge in [0, 0.05) is 18.2 Å². The van der Waals surface area contributed by atoms with Gasteiger partial charge in [0.25, 0.3) is 0 Å². The molecule has 0 radical (unpaired) electrons. The highest BCUT2D eigenvalue weighted by Crippen LogP contribution is 2.16. The molecule has 1 unspecified atom stereocenters. The van der Waals surface area contributed by atoms with E-state index in [0.717, 1.165) is 12.0 Å². The van der Waals surface area contributed by atoms with Crippen molar-refractivity contribution in [1.82, 2.24) is 4.98 Å². The van der Waals surface area contributed by atoms with E-state index < -0.39 is 0 Å². The largest absolute Gasteiger partial charge is 0.481 e. The lowest BCUT2D eigenvalue weighted by atomic mass is 10.1. The van der Waals surface area contributed by atoms with Crippen molar-refractivity contribution in [3.8, 4) is 5.88 Å². The van der Waals surface area contributed by atoms with Gasteiger partial charge in [-0.05, 0) is 12.5 Å². The number of ether oxygens (including phenoxy) is 1. The van der Waals surface area contributed by atoms with Gasteiger partial charge < -0.3 is 9.84 Å². The number of hydrogen-bond donors (Lipinski definition) is 1. The number of aromatic nitrogens is 1.